The van der Waals surface area contributed by atoms with Crippen molar-refractivity contribution in [2.75, 3.05) is 31.1 Å². The zero-order valence-corrected chi connectivity index (χ0v) is 12.9. The highest BCUT2D eigenvalue weighted by Crippen LogP contribution is 2.23. The molecule has 6 heteroatoms. The van der Waals surface area contributed by atoms with Crippen LogP contribution < -0.4 is 4.90 Å². The van der Waals surface area contributed by atoms with Crippen LogP contribution in [0.15, 0.2) is 34.4 Å². The molecular weight excluding hydrogens is 324 g/mol. The van der Waals surface area contributed by atoms with Gasteiger partial charge in [0.15, 0.2) is 0 Å². The summed E-state index contributed by atoms with van der Waals surface area (Å²) >= 11 is 5.33. The second kappa shape index (κ2) is 5.98. The Bertz CT molecular complexity index is 522. The highest BCUT2D eigenvalue weighted by molar-refractivity contribution is 9.11. The lowest BCUT2D eigenvalue weighted by atomic mass is 10.3. The van der Waals surface area contributed by atoms with Gasteiger partial charge in [0.2, 0.25) is 5.95 Å². The molecular formula is C13H15BrN4S. The maximum Gasteiger partial charge on any atom is 0.225 e. The molecule has 4 nitrogen and oxygen atoms in total. The molecule has 0 aliphatic carbocycles. The largest absolute Gasteiger partial charge is 0.338 e. The van der Waals surface area contributed by atoms with Gasteiger partial charge in [0, 0.05) is 50.0 Å². The average molecular weight is 339 g/mol. The van der Waals surface area contributed by atoms with Crippen LogP contribution in [0.1, 0.15) is 4.88 Å². The summed E-state index contributed by atoms with van der Waals surface area (Å²) in [6, 6.07) is 6.17. The number of hydrogen-bond donors (Lipinski definition) is 0. The van der Waals surface area contributed by atoms with Crippen molar-refractivity contribution in [3.05, 3.63) is 39.3 Å². The van der Waals surface area contributed by atoms with Crippen molar-refractivity contribution >= 4 is 33.2 Å². The summed E-state index contributed by atoms with van der Waals surface area (Å²) in [4.78, 5) is 14.8. The summed E-state index contributed by atoms with van der Waals surface area (Å²) in [5, 5.41) is 0. The van der Waals surface area contributed by atoms with Gasteiger partial charge in [-0.2, -0.15) is 0 Å². The molecule has 0 amide bonds. The first-order valence-corrected chi connectivity index (χ1v) is 7.91. The monoisotopic (exact) mass is 338 g/mol. The Morgan fingerprint density at radius 1 is 1.11 bits per heavy atom. The molecule has 1 aliphatic rings. The van der Waals surface area contributed by atoms with Crippen LogP contribution in [0.2, 0.25) is 0 Å². The molecule has 3 heterocycles. The van der Waals surface area contributed by atoms with Crippen LogP contribution in [0.3, 0.4) is 0 Å². The number of halogens is 1. The maximum absolute atomic E-state index is 4.31. The van der Waals surface area contributed by atoms with Crippen LogP contribution in [0.4, 0.5) is 5.95 Å². The van der Waals surface area contributed by atoms with Crippen molar-refractivity contribution < 1.29 is 0 Å². The smallest absolute Gasteiger partial charge is 0.225 e. The van der Waals surface area contributed by atoms with Crippen molar-refractivity contribution in [2.24, 2.45) is 0 Å². The number of anilines is 1. The summed E-state index contributed by atoms with van der Waals surface area (Å²) in [7, 11) is 0. The lowest BCUT2D eigenvalue weighted by Gasteiger charge is -2.34. The van der Waals surface area contributed by atoms with Gasteiger partial charge in [-0.05, 0) is 34.1 Å². The SMILES string of the molecule is Brc1ccc(CN2CCN(c3ncccn3)CC2)s1. The Balaban J connectivity index is 1.55. The van der Waals surface area contributed by atoms with Gasteiger partial charge in [-0.3, -0.25) is 4.90 Å². The fourth-order valence-corrected chi connectivity index (χ4v) is 3.74. The Morgan fingerprint density at radius 3 is 2.47 bits per heavy atom. The number of aromatic nitrogens is 2. The van der Waals surface area contributed by atoms with E-state index < -0.39 is 0 Å². The van der Waals surface area contributed by atoms with Crippen molar-refractivity contribution in [1.29, 1.82) is 0 Å². The zero-order valence-electron chi connectivity index (χ0n) is 10.5. The van der Waals surface area contributed by atoms with Gasteiger partial charge in [-0.1, -0.05) is 0 Å². The molecule has 0 atom stereocenters. The molecule has 2 aromatic heterocycles. The van der Waals surface area contributed by atoms with Gasteiger partial charge >= 0.3 is 0 Å². The second-order valence-electron chi connectivity index (χ2n) is 4.52. The van der Waals surface area contributed by atoms with Crippen LogP contribution in [0.5, 0.6) is 0 Å². The zero-order chi connectivity index (χ0) is 13.1. The first-order chi connectivity index (χ1) is 9.31. The number of thiophene rings is 1. The molecule has 0 aromatic carbocycles. The number of hydrogen-bond acceptors (Lipinski definition) is 5. The Hall–Kier alpha value is -0.980. The molecule has 0 radical (unpaired) electrons. The molecule has 0 unspecified atom stereocenters. The van der Waals surface area contributed by atoms with Gasteiger partial charge in [0.1, 0.15) is 0 Å². The fourth-order valence-electron chi connectivity index (χ4n) is 2.22. The highest BCUT2D eigenvalue weighted by Gasteiger charge is 2.18. The third-order valence-corrected chi connectivity index (χ3v) is 4.82. The first-order valence-electron chi connectivity index (χ1n) is 6.30. The Labute approximate surface area is 125 Å². The van der Waals surface area contributed by atoms with E-state index in [0.717, 1.165) is 38.7 Å². The molecule has 1 fully saturated rings. The minimum absolute atomic E-state index is 0.848. The number of piperazine rings is 1. The Kier molecular flexibility index (Phi) is 4.10. The van der Waals surface area contributed by atoms with E-state index in [1.807, 2.05) is 17.4 Å². The molecule has 1 saturated heterocycles. The molecule has 19 heavy (non-hydrogen) atoms. The van der Waals surface area contributed by atoms with Crippen molar-refractivity contribution in [3.63, 3.8) is 0 Å². The first kappa shape index (κ1) is 13.0. The lowest BCUT2D eigenvalue weighted by Crippen LogP contribution is -2.46. The van der Waals surface area contributed by atoms with Crippen molar-refractivity contribution in [2.45, 2.75) is 6.54 Å². The van der Waals surface area contributed by atoms with Crippen LogP contribution in [-0.2, 0) is 6.54 Å². The van der Waals surface area contributed by atoms with Gasteiger partial charge in [0.25, 0.3) is 0 Å². The van der Waals surface area contributed by atoms with Gasteiger partial charge in [-0.25, -0.2) is 9.97 Å². The molecule has 0 spiro atoms. The summed E-state index contributed by atoms with van der Waals surface area (Å²) in [6.45, 7) is 5.16. The lowest BCUT2D eigenvalue weighted by molar-refractivity contribution is 0.251. The quantitative estimate of drug-likeness (QED) is 0.861. The number of nitrogens with zero attached hydrogens (tertiary/aromatic N) is 4. The number of rotatable bonds is 3. The van der Waals surface area contributed by atoms with E-state index >= 15 is 0 Å². The highest BCUT2D eigenvalue weighted by atomic mass is 79.9. The maximum atomic E-state index is 4.31. The van der Waals surface area contributed by atoms with E-state index in [-0.39, 0.29) is 0 Å². The average Bonchev–Trinajstić information content (AvgIpc) is 2.86. The third-order valence-electron chi connectivity index (χ3n) is 3.22. The van der Waals surface area contributed by atoms with E-state index in [2.05, 4.69) is 47.8 Å². The standard InChI is InChI=1S/C13H15BrN4S/c14-12-3-2-11(19-12)10-17-6-8-18(9-7-17)13-15-4-1-5-16-13/h1-5H,6-10H2. The van der Waals surface area contributed by atoms with Gasteiger partial charge in [0.05, 0.1) is 3.79 Å². The van der Waals surface area contributed by atoms with E-state index in [0.29, 0.717) is 0 Å². The van der Waals surface area contributed by atoms with E-state index in [4.69, 9.17) is 0 Å². The molecule has 0 N–H and O–H groups in total. The minimum atomic E-state index is 0.848. The summed E-state index contributed by atoms with van der Waals surface area (Å²) in [5.74, 6) is 0.848. The molecule has 2 aromatic rings. The summed E-state index contributed by atoms with van der Waals surface area (Å²) in [5.41, 5.74) is 0. The topological polar surface area (TPSA) is 32.3 Å². The van der Waals surface area contributed by atoms with Crippen LogP contribution in [0, 0.1) is 0 Å². The molecule has 100 valence electrons. The molecule has 0 bridgehead atoms. The third kappa shape index (κ3) is 3.32. The van der Waals surface area contributed by atoms with Crippen LogP contribution in [0.25, 0.3) is 0 Å². The second-order valence-corrected chi connectivity index (χ2v) is 7.07. The fraction of sp³-hybridized carbons (Fsp3) is 0.385. The van der Waals surface area contributed by atoms with E-state index in [9.17, 15) is 0 Å². The predicted octanol–water partition coefficient (Wildman–Crippen LogP) is 2.62. The normalized spacial score (nSPS) is 16.8. The van der Waals surface area contributed by atoms with E-state index in [1.165, 1.54) is 8.66 Å². The molecule has 3 rings (SSSR count). The van der Waals surface area contributed by atoms with Crippen molar-refractivity contribution in [1.82, 2.24) is 14.9 Å². The summed E-state index contributed by atoms with van der Waals surface area (Å²) < 4.78 is 1.21. The van der Waals surface area contributed by atoms with Crippen LogP contribution >= 0.6 is 27.3 Å². The van der Waals surface area contributed by atoms with E-state index in [1.54, 1.807) is 12.4 Å². The Morgan fingerprint density at radius 2 is 1.84 bits per heavy atom. The molecule has 0 saturated carbocycles. The predicted molar refractivity (Wildman–Crippen MR) is 81.5 cm³/mol. The van der Waals surface area contributed by atoms with Gasteiger partial charge in [-0.15, -0.1) is 11.3 Å². The van der Waals surface area contributed by atoms with Crippen LogP contribution in [-0.4, -0.2) is 41.0 Å². The summed E-state index contributed by atoms with van der Waals surface area (Å²) in [6.07, 6.45) is 3.61. The minimum Gasteiger partial charge on any atom is -0.338 e. The van der Waals surface area contributed by atoms with Gasteiger partial charge < -0.3 is 4.90 Å². The van der Waals surface area contributed by atoms with Crippen molar-refractivity contribution in [3.8, 4) is 0 Å². The molecule has 1 aliphatic heterocycles.